The summed E-state index contributed by atoms with van der Waals surface area (Å²) in [5.74, 6) is -11.1. The van der Waals surface area contributed by atoms with Crippen LogP contribution in [0.15, 0.2) is 24.3 Å². The molecule has 13 nitrogen and oxygen atoms in total. The van der Waals surface area contributed by atoms with Crippen LogP contribution >= 0.6 is 0 Å². The van der Waals surface area contributed by atoms with Crippen molar-refractivity contribution in [2.45, 2.75) is 68.5 Å². The highest BCUT2D eigenvalue weighted by atomic mass is 19.4. The zero-order chi connectivity index (χ0) is 28.8. The van der Waals surface area contributed by atoms with Crippen LogP contribution < -0.4 is 27.4 Å². The van der Waals surface area contributed by atoms with E-state index in [9.17, 15) is 47.7 Å². The van der Waals surface area contributed by atoms with Crippen LogP contribution in [-0.4, -0.2) is 74.6 Å². The summed E-state index contributed by atoms with van der Waals surface area (Å²) in [5.41, 5.74) is 11.0. The molecule has 0 aliphatic carbocycles. The largest absolute Gasteiger partial charge is 0.481 e. The van der Waals surface area contributed by atoms with Crippen molar-refractivity contribution < 1.29 is 52.8 Å². The van der Waals surface area contributed by atoms with Gasteiger partial charge in [-0.3, -0.25) is 25.4 Å². The van der Waals surface area contributed by atoms with Crippen molar-refractivity contribution >= 4 is 23.8 Å². The van der Waals surface area contributed by atoms with Crippen molar-refractivity contribution in [3.63, 3.8) is 0 Å². The lowest BCUT2D eigenvalue weighted by atomic mass is 9.83. The molecular weight excluding hydrogens is 519 g/mol. The van der Waals surface area contributed by atoms with Gasteiger partial charge in [0.25, 0.3) is 11.7 Å². The van der Waals surface area contributed by atoms with Crippen LogP contribution in [0.25, 0.3) is 0 Å². The van der Waals surface area contributed by atoms with E-state index in [0.29, 0.717) is 0 Å². The second-order valence-corrected chi connectivity index (χ2v) is 8.91. The van der Waals surface area contributed by atoms with E-state index in [0.717, 1.165) is 24.3 Å². The molecule has 0 radical (unpaired) electrons. The summed E-state index contributed by atoms with van der Waals surface area (Å²) in [6.07, 6.45) is -8.62. The van der Waals surface area contributed by atoms with Crippen LogP contribution in [0.1, 0.15) is 53.9 Å². The topological polar surface area (TPSA) is 237 Å². The lowest BCUT2D eigenvalue weighted by Crippen LogP contribution is -2.67. The van der Waals surface area contributed by atoms with Crippen molar-refractivity contribution in [1.29, 1.82) is 0 Å². The number of hydrogen-bond donors (Lipinski definition) is 9. The number of aliphatic carboxylic acids is 2. The quantitative estimate of drug-likeness (QED) is 0.145. The SMILES string of the molecule is N[C@H]1NC(=O)[C@@H](CCC[C@H](c2ccc(C(=O)N[C@H](CCC(=O)O)C(=O)O)cc2)C(O)(O)C(F)(F)F)[C@H](N)N1. The Labute approximate surface area is 214 Å². The minimum Gasteiger partial charge on any atom is -0.481 e. The van der Waals surface area contributed by atoms with Gasteiger partial charge in [0.05, 0.1) is 12.1 Å². The second-order valence-electron chi connectivity index (χ2n) is 8.91. The number of hydrogen-bond acceptors (Lipinski definition) is 9. The molecule has 1 heterocycles. The van der Waals surface area contributed by atoms with E-state index in [1.54, 1.807) is 0 Å². The standard InChI is InChI=1S/C22H30F3N5O8/c23-22(24,25)21(37,38)13(3-1-2-12-16(26)29-20(27)30-18(12)34)10-4-6-11(7-5-10)17(33)28-14(19(35)36)8-9-15(31)32/h4-7,12-14,16,20,29,37-38H,1-3,8-9,26-27H2,(H,28,33)(H,30,34)(H,31,32)(H,35,36)/t12-,13+,14+,16+,20+/m0/s1. The summed E-state index contributed by atoms with van der Waals surface area (Å²) in [5, 5.41) is 45.1. The maximum absolute atomic E-state index is 13.5. The summed E-state index contributed by atoms with van der Waals surface area (Å²) in [7, 11) is 0. The van der Waals surface area contributed by atoms with Gasteiger partial charge in [-0.25, -0.2) is 4.79 Å². The van der Waals surface area contributed by atoms with Gasteiger partial charge in [0.1, 0.15) is 12.3 Å². The molecule has 0 spiro atoms. The van der Waals surface area contributed by atoms with Gasteiger partial charge in [-0.15, -0.1) is 0 Å². The summed E-state index contributed by atoms with van der Waals surface area (Å²) < 4.78 is 40.5. The number of amides is 2. The fourth-order valence-electron chi connectivity index (χ4n) is 4.07. The highest BCUT2D eigenvalue weighted by Gasteiger charge is 2.58. The zero-order valence-corrected chi connectivity index (χ0v) is 19.9. The van der Waals surface area contributed by atoms with Gasteiger partial charge >= 0.3 is 18.1 Å². The van der Waals surface area contributed by atoms with Crippen LogP contribution in [-0.2, 0) is 14.4 Å². The Morgan fingerprint density at radius 2 is 1.66 bits per heavy atom. The number of nitrogens with one attached hydrogen (secondary N) is 3. The summed E-state index contributed by atoms with van der Waals surface area (Å²) in [6, 6.07) is 2.72. The molecule has 1 saturated heterocycles. The van der Waals surface area contributed by atoms with Crippen LogP contribution in [0.3, 0.4) is 0 Å². The molecule has 5 atom stereocenters. The molecule has 2 rings (SSSR count). The van der Waals surface area contributed by atoms with E-state index in [1.165, 1.54) is 0 Å². The van der Waals surface area contributed by atoms with Gasteiger partial charge in [-0.05, 0) is 37.0 Å². The third-order valence-electron chi connectivity index (χ3n) is 6.18. The van der Waals surface area contributed by atoms with Gasteiger partial charge in [0.2, 0.25) is 5.91 Å². The van der Waals surface area contributed by atoms with Crippen molar-refractivity contribution in [3.05, 3.63) is 35.4 Å². The Hall–Kier alpha value is -3.31. The Balaban J connectivity index is 2.18. The molecule has 1 fully saturated rings. The number of benzene rings is 1. The molecule has 1 aromatic rings. The number of rotatable bonds is 12. The number of nitrogens with two attached hydrogens (primary N) is 2. The van der Waals surface area contributed by atoms with Gasteiger partial charge in [0.15, 0.2) is 0 Å². The predicted molar refractivity (Wildman–Crippen MR) is 123 cm³/mol. The van der Waals surface area contributed by atoms with Gasteiger partial charge in [-0.1, -0.05) is 18.6 Å². The molecule has 1 aliphatic heterocycles. The predicted octanol–water partition coefficient (Wildman–Crippen LogP) is -0.906. The third kappa shape index (κ3) is 7.84. The first-order valence-electron chi connectivity index (χ1n) is 11.5. The minimum atomic E-state index is -5.44. The Morgan fingerprint density at radius 1 is 1.05 bits per heavy atom. The van der Waals surface area contributed by atoms with E-state index < -0.39 is 85.3 Å². The van der Waals surface area contributed by atoms with E-state index >= 15 is 0 Å². The van der Waals surface area contributed by atoms with Crippen molar-refractivity contribution in [3.8, 4) is 0 Å². The molecule has 0 unspecified atom stereocenters. The van der Waals surface area contributed by atoms with Crippen molar-refractivity contribution in [2.24, 2.45) is 17.4 Å². The minimum absolute atomic E-state index is 0.00453. The molecule has 38 heavy (non-hydrogen) atoms. The van der Waals surface area contributed by atoms with E-state index in [2.05, 4.69) is 16.0 Å². The molecule has 11 N–H and O–H groups in total. The van der Waals surface area contributed by atoms with Crippen LogP contribution in [0.4, 0.5) is 13.2 Å². The molecule has 212 valence electrons. The number of carboxylic acid groups (broad SMARTS) is 2. The van der Waals surface area contributed by atoms with Crippen LogP contribution in [0, 0.1) is 5.92 Å². The summed E-state index contributed by atoms with van der Waals surface area (Å²) >= 11 is 0. The summed E-state index contributed by atoms with van der Waals surface area (Å²) in [6.45, 7) is 0. The van der Waals surface area contributed by atoms with Crippen LogP contribution in [0.2, 0.25) is 0 Å². The Kier molecular flexibility index (Phi) is 10.2. The zero-order valence-electron chi connectivity index (χ0n) is 19.9. The molecule has 0 aromatic heterocycles. The number of carboxylic acids is 2. The lowest BCUT2D eigenvalue weighted by Gasteiger charge is -2.35. The number of aliphatic hydroxyl groups is 2. The first kappa shape index (κ1) is 30.9. The Bertz CT molecular complexity index is 1020. The van der Waals surface area contributed by atoms with E-state index in [1.807, 2.05) is 0 Å². The monoisotopic (exact) mass is 549 g/mol. The van der Waals surface area contributed by atoms with Crippen LogP contribution in [0.5, 0.6) is 0 Å². The molecular formula is C22H30F3N5O8. The van der Waals surface area contributed by atoms with Gasteiger partial charge in [0, 0.05) is 17.9 Å². The maximum atomic E-state index is 13.5. The number of alkyl halides is 3. The number of carbonyl (C=O) groups excluding carboxylic acids is 2. The molecule has 1 aromatic carbocycles. The normalized spacial score (nSPS) is 21.8. The van der Waals surface area contributed by atoms with Gasteiger partial charge in [-0.2, -0.15) is 13.2 Å². The third-order valence-corrected chi connectivity index (χ3v) is 6.18. The maximum Gasteiger partial charge on any atom is 0.443 e. The van der Waals surface area contributed by atoms with E-state index in [4.69, 9.17) is 16.6 Å². The first-order valence-corrected chi connectivity index (χ1v) is 11.5. The molecule has 0 bridgehead atoms. The Morgan fingerprint density at radius 3 is 2.16 bits per heavy atom. The second kappa shape index (κ2) is 12.5. The summed E-state index contributed by atoms with van der Waals surface area (Å²) in [4.78, 5) is 46.5. The average molecular weight is 550 g/mol. The average Bonchev–Trinajstić information content (AvgIpc) is 2.79. The van der Waals surface area contributed by atoms with Crippen molar-refractivity contribution in [1.82, 2.24) is 16.0 Å². The highest BCUT2D eigenvalue weighted by Crippen LogP contribution is 2.42. The first-order chi connectivity index (χ1) is 17.5. The molecule has 2 amide bonds. The highest BCUT2D eigenvalue weighted by molar-refractivity contribution is 5.96. The molecule has 16 heteroatoms. The fourth-order valence-corrected chi connectivity index (χ4v) is 4.07. The number of halogens is 3. The fraction of sp³-hybridized carbons (Fsp3) is 0.545. The lowest BCUT2D eigenvalue weighted by molar-refractivity contribution is -0.359. The molecule has 1 aliphatic rings. The number of carbonyl (C=O) groups is 4. The molecule has 0 saturated carbocycles. The van der Waals surface area contributed by atoms with Crippen molar-refractivity contribution in [2.75, 3.05) is 0 Å². The van der Waals surface area contributed by atoms with Gasteiger partial charge < -0.3 is 36.8 Å². The smallest absolute Gasteiger partial charge is 0.443 e. The van der Waals surface area contributed by atoms with E-state index in [-0.39, 0.29) is 24.0 Å².